The topological polar surface area (TPSA) is 0 Å². The number of fused-ring (bicyclic) bond motifs is 1. The van der Waals surface area contributed by atoms with E-state index in [0.29, 0.717) is 0 Å². The SMILES string of the molecule is C[CH-]C1CCC2C=CC=CC21.[Y].[Y]. The predicted molar refractivity (Wildman–Crippen MR) is 48.0 cm³/mol. The largest absolute Gasteiger partial charge is 0.328 e. The molecule has 3 unspecified atom stereocenters. The van der Waals surface area contributed by atoms with Gasteiger partial charge in [0.1, 0.15) is 0 Å². The zero-order valence-corrected chi connectivity index (χ0v) is 13.9. The Morgan fingerprint density at radius 2 is 1.77 bits per heavy atom. The third-order valence-corrected chi connectivity index (χ3v) is 3.05. The van der Waals surface area contributed by atoms with Crippen LogP contribution in [-0.2, 0) is 65.4 Å². The van der Waals surface area contributed by atoms with Gasteiger partial charge in [-0.1, -0.05) is 30.7 Å². The number of hydrogen-bond acceptors (Lipinski definition) is 0. The van der Waals surface area contributed by atoms with Gasteiger partial charge in [0.2, 0.25) is 0 Å². The number of rotatable bonds is 1. The summed E-state index contributed by atoms with van der Waals surface area (Å²) in [7, 11) is 0. The van der Waals surface area contributed by atoms with Crippen molar-refractivity contribution in [3.8, 4) is 0 Å². The molecule has 0 aromatic heterocycles. The summed E-state index contributed by atoms with van der Waals surface area (Å²) in [4.78, 5) is 0. The van der Waals surface area contributed by atoms with E-state index in [9.17, 15) is 0 Å². The fraction of sp³-hybridized carbons (Fsp3) is 0.545. The minimum Gasteiger partial charge on any atom is -0.328 e. The van der Waals surface area contributed by atoms with Crippen molar-refractivity contribution in [2.75, 3.05) is 0 Å². The van der Waals surface area contributed by atoms with Crippen molar-refractivity contribution in [1.29, 1.82) is 0 Å². The molecular formula is C11H15Y2-. The molecule has 0 aromatic carbocycles. The van der Waals surface area contributed by atoms with Crippen LogP contribution in [0.1, 0.15) is 19.8 Å². The van der Waals surface area contributed by atoms with E-state index in [0.717, 1.165) is 17.8 Å². The van der Waals surface area contributed by atoms with Crippen LogP contribution in [0.4, 0.5) is 0 Å². The molecule has 0 aliphatic heterocycles. The Bertz CT molecular complexity index is 196. The van der Waals surface area contributed by atoms with Crippen molar-refractivity contribution >= 4 is 0 Å². The van der Waals surface area contributed by atoms with Crippen molar-refractivity contribution < 1.29 is 65.4 Å². The van der Waals surface area contributed by atoms with E-state index in [1.807, 2.05) is 0 Å². The summed E-state index contributed by atoms with van der Waals surface area (Å²) in [5, 5.41) is 0. The maximum absolute atomic E-state index is 2.38. The van der Waals surface area contributed by atoms with E-state index in [2.05, 4.69) is 37.6 Å². The minimum absolute atomic E-state index is 0. The quantitative estimate of drug-likeness (QED) is 0.650. The van der Waals surface area contributed by atoms with Crippen LogP contribution >= 0.6 is 0 Å². The molecule has 1 fully saturated rings. The summed E-state index contributed by atoms with van der Waals surface area (Å²) < 4.78 is 0. The molecule has 0 saturated heterocycles. The minimum atomic E-state index is 0. The zero-order chi connectivity index (χ0) is 7.68. The third-order valence-electron chi connectivity index (χ3n) is 3.05. The molecule has 0 nitrogen and oxygen atoms in total. The van der Waals surface area contributed by atoms with Gasteiger partial charge in [-0.2, -0.15) is 12.8 Å². The third kappa shape index (κ3) is 3.33. The standard InChI is InChI=1S/C11H15.2Y/c1-2-9-7-8-10-5-3-4-6-11(9)10;;/h2-6,9-11H,7-8H2,1H3;;/q-1;;. The van der Waals surface area contributed by atoms with Crippen LogP contribution in [0.3, 0.4) is 0 Å². The zero-order valence-electron chi connectivity index (χ0n) is 8.19. The molecule has 1 saturated carbocycles. The van der Waals surface area contributed by atoms with Gasteiger partial charge in [0, 0.05) is 65.4 Å². The molecule has 3 atom stereocenters. The second-order valence-corrected chi connectivity index (χ2v) is 3.59. The summed E-state index contributed by atoms with van der Waals surface area (Å²) in [6.07, 6.45) is 14.3. The summed E-state index contributed by atoms with van der Waals surface area (Å²) in [5.41, 5.74) is 0. The summed E-state index contributed by atoms with van der Waals surface area (Å²) >= 11 is 0. The van der Waals surface area contributed by atoms with Crippen LogP contribution in [0.25, 0.3) is 0 Å². The maximum atomic E-state index is 2.38. The summed E-state index contributed by atoms with van der Waals surface area (Å²) in [5.74, 6) is 2.52. The van der Waals surface area contributed by atoms with E-state index in [4.69, 9.17) is 0 Å². The van der Waals surface area contributed by atoms with Crippen LogP contribution in [-0.4, -0.2) is 0 Å². The molecule has 0 aromatic rings. The smallest absolute Gasteiger partial charge is 0 e. The Balaban J connectivity index is 0.000000720. The van der Waals surface area contributed by atoms with Gasteiger partial charge >= 0.3 is 0 Å². The monoisotopic (exact) mass is 325 g/mol. The fourth-order valence-electron chi connectivity index (χ4n) is 2.39. The van der Waals surface area contributed by atoms with Crippen molar-refractivity contribution in [2.24, 2.45) is 17.8 Å². The fourth-order valence-corrected chi connectivity index (χ4v) is 2.39. The molecule has 0 spiro atoms. The van der Waals surface area contributed by atoms with Crippen LogP contribution < -0.4 is 0 Å². The Kier molecular flexibility index (Phi) is 7.96. The molecule has 0 bridgehead atoms. The molecule has 2 aliphatic rings. The van der Waals surface area contributed by atoms with E-state index in [1.165, 1.54) is 12.8 Å². The van der Waals surface area contributed by atoms with Crippen molar-refractivity contribution in [2.45, 2.75) is 19.8 Å². The van der Waals surface area contributed by atoms with Crippen molar-refractivity contribution in [3.63, 3.8) is 0 Å². The Labute approximate surface area is 132 Å². The summed E-state index contributed by atoms with van der Waals surface area (Å²) in [6.45, 7) is 2.19. The first kappa shape index (κ1) is 14.7. The van der Waals surface area contributed by atoms with Gasteiger partial charge in [0.05, 0.1) is 0 Å². The van der Waals surface area contributed by atoms with Gasteiger partial charge in [-0.05, 0) is 18.3 Å². The Morgan fingerprint density at radius 1 is 1.08 bits per heavy atom. The molecule has 2 heteroatoms. The molecule has 66 valence electrons. The van der Waals surface area contributed by atoms with Gasteiger partial charge in [-0.3, -0.25) is 0 Å². The van der Waals surface area contributed by atoms with Crippen LogP contribution in [0.2, 0.25) is 0 Å². The first-order valence-electron chi connectivity index (χ1n) is 4.56. The molecule has 2 aliphatic carbocycles. The van der Waals surface area contributed by atoms with Crippen LogP contribution in [0.15, 0.2) is 24.3 Å². The molecule has 0 heterocycles. The first-order valence-corrected chi connectivity index (χ1v) is 4.56. The second-order valence-electron chi connectivity index (χ2n) is 3.59. The van der Waals surface area contributed by atoms with Gasteiger partial charge in [0.15, 0.2) is 0 Å². The second kappa shape index (κ2) is 7.04. The van der Waals surface area contributed by atoms with Crippen LogP contribution in [0.5, 0.6) is 0 Å². The van der Waals surface area contributed by atoms with Gasteiger partial charge in [-0.25, -0.2) is 0 Å². The average Bonchev–Trinajstić information content (AvgIpc) is 2.47. The molecule has 13 heavy (non-hydrogen) atoms. The van der Waals surface area contributed by atoms with Crippen molar-refractivity contribution in [1.82, 2.24) is 0 Å². The van der Waals surface area contributed by atoms with Gasteiger partial charge < -0.3 is 6.42 Å². The predicted octanol–water partition coefficient (Wildman–Crippen LogP) is 2.97. The maximum Gasteiger partial charge on any atom is 0 e. The molecular weight excluding hydrogens is 310 g/mol. The molecule has 0 amide bonds. The van der Waals surface area contributed by atoms with E-state index < -0.39 is 0 Å². The Morgan fingerprint density at radius 3 is 2.46 bits per heavy atom. The van der Waals surface area contributed by atoms with Gasteiger partial charge in [0.25, 0.3) is 0 Å². The van der Waals surface area contributed by atoms with E-state index in [1.54, 1.807) is 0 Å². The number of allylic oxidation sites excluding steroid dienone is 4. The molecule has 2 rings (SSSR count). The van der Waals surface area contributed by atoms with Crippen molar-refractivity contribution in [3.05, 3.63) is 30.7 Å². The normalized spacial score (nSPS) is 34.7. The van der Waals surface area contributed by atoms with Gasteiger partial charge in [-0.15, -0.1) is 0 Å². The summed E-state index contributed by atoms with van der Waals surface area (Å²) in [6, 6.07) is 0. The van der Waals surface area contributed by atoms with E-state index in [-0.39, 0.29) is 65.4 Å². The van der Waals surface area contributed by atoms with Crippen LogP contribution in [0, 0.1) is 24.2 Å². The average molecular weight is 325 g/mol. The van der Waals surface area contributed by atoms with E-state index >= 15 is 0 Å². The Hall–Kier alpha value is 1.69. The number of hydrogen-bond donors (Lipinski definition) is 0. The molecule has 2 radical (unpaired) electrons. The first-order chi connectivity index (χ1) is 5.42. The molecule has 0 N–H and O–H groups in total.